The Morgan fingerprint density at radius 3 is 2.07 bits per heavy atom. The zero-order valence-electron chi connectivity index (χ0n) is 17.6. The average Bonchev–Trinajstić information content (AvgIpc) is 2.70. The van der Waals surface area contributed by atoms with Crippen LogP contribution >= 0.6 is 0 Å². The highest BCUT2D eigenvalue weighted by molar-refractivity contribution is 5.80. The first kappa shape index (κ1) is 21.2. The van der Waals surface area contributed by atoms with Gasteiger partial charge < -0.3 is 24.8 Å². The lowest BCUT2D eigenvalue weighted by molar-refractivity contribution is 0.250. The van der Waals surface area contributed by atoms with Crippen LogP contribution in [0.25, 0.3) is 0 Å². The lowest BCUT2D eigenvalue weighted by Gasteiger charge is -2.32. The number of hydrogen-bond donors (Lipinski definition) is 2. The fraction of sp³-hybridized carbons (Fsp3) is 0.667. The van der Waals surface area contributed by atoms with Gasteiger partial charge in [0, 0.05) is 19.6 Å². The average molecular weight is 378 g/mol. The van der Waals surface area contributed by atoms with Crippen LogP contribution in [0, 0.1) is 11.8 Å². The van der Waals surface area contributed by atoms with Crippen LogP contribution in [-0.4, -0.2) is 40.4 Å². The second kappa shape index (κ2) is 10.3. The molecule has 0 amide bonds. The Kier molecular flexibility index (Phi) is 8.07. The van der Waals surface area contributed by atoms with E-state index < -0.39 is 0 Å². The standard InChI is InChI=1S/C21H35N3O3/c1-14(2)16-7-9-17(10-8-16)24-21(22-3)23-13-15-11-18(25-4)20(27-6)19(12-15)26-5/h11-12,14,16-17H,7-10,13H2,1-6H3,(H2,22,23,24). The Morgan fingerprint density at radius 2 is 1.63 bits per heavy atom. The molecule has 1 aliphatic carbocycles. The smallest absolute Gasteiger partial charge is 0.203 e. The summed E-state index contributed by atoms with van der Waals surface area (Å²) in [5.74, 6) is 4.39. The first-order chi connectivity index (χ1) is 13.0. The minimum Gasteiger partial charge on any atom is -0.493 e. The second-order valence-electron chi connectivity index (χ2n) is 7.46. The molecule has 0 unspecified atom stereocenters. The van der Waals surface area contributed by atoms with Gasteiger partial charge in [-0.1, -0.05) is 13.8 Å². The number of methoxy groups -OCH3 is 3. The van der Waals surface area contributed by atoms with E-state index in [0.29, 0.717) is 29.8 Å². The number of hydrogen-bond acceptors (Lipinski definition) is 4. The largest absolute Gasteiger partial charge is 0.493 e. The highest BCUT2D eigenvalue weighted by atomic mass is 16.5. The van der Waals surface area contributed by atoms with Crippen LogP contribution in [0.5, 0.6) is 17.2 Å². The first-order valence-electron chi connectivity index (χ1n) is 9.78. The highest BCUT2D eigenvalue weighted by Gasteiger charge is 2.23. The number of rotatable bonds is 7. The van der Waals surface area contributed by atoms with Crippen molar-refractivity contribution in [3.05, 3.63) is 17.7 Å². The first-order valence-corrected chi connectivity index (χ1v) is 9.78. The summed E-state index contributed by atoms with van der Waals surface area (Å²) >= 11 is 0. The van der Waals surface area contributed by atoms with E-state index >= 15 is 0 Å². The molecule has 0 bridgehead atoms. The molecule has 6 nitrogen and oxygen atoms in total. The van der Waals surface area contributed by atoms with E-state index in [1.807, 2.05) is 19.2 Å². The van der Waals surface area contributed by atoms with Crippen molar-refractivity contribution < 1.29 is 14.2 Å². The van der Waals surface area contributed by atoms with Gasteiger partial charge in [-0.05, 0) is 55.2 Å². The molecule has 1 saturated carbocycles. The fourth-order valence-corrected chi connectivity index (χ4v) is 3.74. The fourth-order valence-electron chi connectivity index (χ4n) is 3.74. The summed E-state index contributed by atoms with van der Waals surface area (Å²) in [7, 11) is 6.67. The molecule has 0 heterocycles. The maximum atomic E-state index is 5.42. The molecule has 0 radical (unpaired) electrons. The molecular formula is C21H35N3O3. The molecule has 0 aliphatic heterocycles. The van der Waals surface area contributed by atoms with Gasteiger partial charge in [-0.2, -0.15) is 0 Å². The minimum atomic E-state index is 0.492. The maximum absolute atomic E-state index is 5.42. The van der Waals surface area contributed by atoms with Gasteiger partial charge in [0.15, 0.2) is 17.5 Å². The monoisotopic (exact) mass is 377 g/mol. The quantitative estimate of drug-likeness (QED) is 0.562. The van der Waals surface area contributed by atoms with Crippen LogP contribution in [0.1, 0.15) is 45.1 Å². The zero-order valence-corrected chi connectivity index (χ0v) is 17.6. The van der Waals surface area contributed by atoms with Gasteiger partial charge >= 0.3 is 0 Å². The molecule has 0 aromatic heterocycles. The topological polar surface area (TPSA) is 64.1 Å². The molecule has 0 atom stereocenters. The Labute approximate surface area is 163 Å². The molecule has 1 aliphatic rings. The van der Waals surface area contributed by atoms with Gasteiger partial charge in [0.2, 0.25) is 5.75 Å². The molecule has 152 valence electrons. The second-order valence-corrected chi connectivity index (χ2v) is 7.46. The number of nitrogens with zero attached hydrogens (tertiary/aromatic N) is 1. The summed E-state index contributed by atoms with van der Waals surface area (Å²) in [5, 5.41) is 6.96. The molecule has 2 rings (SSSR count). The highest BCUT2D eigenvalue weighted by Crippen LogP contribution is 2.38. The van der Waals surface area contributed by atoms with Crippen LogP contribution in [0.2, 0.25) is 0 Å². The third-order valence-corrected chi connectivity index (χ3v) is 5.46. The number of benzene rings is 1. The van der Waals surface area contributed by atoms with Crippen molar-refractivity contribution in [3.8, 4) is 17.2 Å². The van der Waals surface area contributed by atoms with Crippen LogP contribution in [0.4, 0.5) is 0 Å². The van der Waals surface area contributed by atoms with Crippen molar-refractivity contribution in [3.63, 3.8) is 0 Å². The lowest BCUT2D eigenvalue weighted by atomic mass is 9.80. The molecule has 0 saturated heterocycles. The van der Waals surface area contributed by atoms with Crippen molar-refractivity contribution in [1.82, 2.24) is 10.6 Å². The number of aliphatic imine (C=N–C) groups is 1. The van der Waals surface area contributed by atoms with E-state index in [-0.39, 0.29) is 0 Å². The summed E-state index contributed by atoms with van der Waals surface area (Å²) < 4.78 is 16.2. The summed E-state index contributed by atoms with van der Waals surface area (Å²) in [6.07, 6.45) is 4.99. The van der Waals surface area contributed by atoms with Crippen molar-refractivity contribution >= 4 is 5.96 Å². The van der Waals surface area contributed by atoms with Gasteiger partial charge in [0.05, 0.1) is 21.3 Å². The molecule has 0 spiro atoms. The Bertz CT molecular complexity index is 598. The summed E-state index contributed by atoms with van der Waals surface area (Å²) in [5.41, 5.74) is 1.04. The van der Waals surface area contributed by atoms with Gasteiger partial charge in [0.25, 0.3) is 0 Å². The maximum Gasteiger partial charge on any atom is 0.203 e. The Morgan fingerprint density at radius 1 is 1.04 bits per heavy atom. The van der Waals surface area contributed by atoms with Gasteiger partial charge in [0.1, 0.15) is 0 Å². The molecule has 1 aromatic carbocycles. The molecule has 6 heteroatoms. The third-order valence-electron chi connectivity index (χ3n) is 5.46. The van der Waals surface area contributed by atoms with E-state index in [4.69, 9.17) is 14.2 Å². The van der Waals surface area contributed by atoms with E-state index in [1.165, 1.54) is 25.7 Å². The van der Waals surface area contributed by atoms with Gasteiger partial charge in [-0.15, -0.1) is 0 Å². The summed E-state index contributed by atoms with van der Waals surface area (Å²) in [4.78, 5) is 4.38. The minimum absolute atomic E-state index is 0.492. The van der Waals surface area contributed by atoms with E-state index in [2.05, 4.69) is 29.5 Å². The number of nitrogens with one attached hydrogen (secondary N) is 2. The van der Waals surface area contributed by atoms with Crippen molar-refractivity contribution in [1.29, 1.82) is 0 Å². The molecule has 1 aromatic rings. The predicted octanol–water partition coefficient (Wildman–Crippen LogP) is 3.59. The predicted molar refractivity (Wildman–Crippen MR) is 110 cm³/mol. The van der Waals surface area contributed by atoms with Crippen molar-refractivity contribution in [2.75, 3.05) is 28.4 Å². The Hall–Kier alpha value is -2.11. The van der Waals surface area contributed by atoms with E-state index in [0.717, 1.165) is 23.4 Å². The van der Waals surface area contributed by atoms with Crippen LogP contribution in [-0.2, 0) is 6.54 Å². The third kappa shape index (κ3) is 5.68. The Balaban J connectivity index is 1.94. The lowest BCUT2D eigenvalue weighted by Crippen LogP contribution is -2.44. The normalized spacial score (nSPS) is 20.3. The van der Waals surface area contributed by atoms with E-state index in [1.54, 1.807) is 21.3 Å². The van der Waals surface area contributed by atoms with Crippen molar-refractivity contribution in [2.24, 2.45) is 16.8 Å². The van der Waals surface area contributed by atoms with Gasteiger partial charge in [-0.25, -0.2) is 0 Å². The molecule has 27 heavy (non-hydrogen) atoms. The zero-order chi connectivity index (χ0) is 19.8. The molecular weight excluding hydrogens is 342 g/mol. The van der Waals surface area contributed by atoms with Crippen LogP contribution in [0.15, 0.2) is 17.1 Å². The number of guanidine groups is 1. The van der Waals surface area contributed by atoms with Gasteiger partial charge in [-0.3, -0.25) is 4.99 Å². The summed E-state index contributed by atoms with van der Waals surface area (Å²) in [6.45, 7) is 5.28. The van der Waals surface area contributed by atoms with Crippen molar-refractivity contribution in [2.45, 2.75) is 52.1 Å². The summed E-state index contributed by atoms with van der Waals surface area (Å²) in [6, 6.07) is 4.40. The molecule has 1 fully saturated rings. The van der Waals surface area contributed by atoms with Crippen LogP contribution in [0.3, 0.4) is 0 Å². The molecule has 2 N–H and O–H groups in total. The SMILES string of the molecule is CN=C(NCc1cc(OC)c(OC)c(OC)c1)NC1CCC(C(C)C)CC1. The van der Waals surface area contributed by atoms with Crippen LogP contribution < -0.4 is 24.8 Å². The van der Waals surface area contributed by atoms with E-state index in [9.17, 15) is 0 Å². The number of ether oxygens (including phenoxy) is 3.